The van der Waals surface area contributed by atoms with Crippen molar-refractivity contribution in [3.8, 4) is 0 Å². The summed E-state index contributed by atoms with van der Waals surface area (Å²) < 4.78 is 9.79. The van der Waals surface area contributed by atoms with Crippen LogP contribution in [0.15, 0.2) is 35.5 Å². The maximum absolute atomic E-state index is 11.9. The van der Waals surface area contributed by atoms with E-state index >= 15 is 0 Å². The van der Waals surface area contributed by atoms with Gasteiger partial charge in [-0.25, -0.2) is 0 Å². The molecule has 0 aromatic carbocycles. The first-order chi connectivity index (χ1) is 7.70. The number of esters is 1. The summed E-state index contributed by atoms with van der Waals surface area (Å²) >= 11 is 0. The smallest absolute Gasteiger partial charge is 0.317 e. The number of carbonyl (C=O) groups is 2. The fourth-order valence-corrected chi connectivity index (χ4v) is 1.31. The van der Waals surface area contributed by atoms with Crippen LogP contribution in [-0.4, -0.2) is 18.4 Å². The molecular formula is C12H14O4. The minimum absolute atomic E-state index is 0.167. The lowest BCUT2D eigenvalue weighted by molar-refractivity contribution is -0.146. The average molecular weight is 222 g/mol. The van der Waals surface area contributed by atoms with Crippen LogP contribution in [-0.2, 0) is 9.53 Å². The van der Waals surface area contributed by atoms with E-state index in [4.69, 9.17) is 9.15 Å². The van der Waals surface area contributed by atoms with E-state index in [0.29, 0.717) is 0 Å². The number of rotatable bonds is 6. The number of Topliss-reactive ketones (excluding diaryl/α,β-unsaturated/α-hetero) is 1. The first-order valence-corrected chi connectivity index (χ1v) is 5.06. The molecule has 4 nitrogen and oxygen atoms in total. The van der Waals surface area contributed by atoms with E-state index in [-0.39, 0.29) is 24.6 Å². The van der Waals surface area contributed by atoms with Crippen molar-refractivity contribution in [1.82, 2.24) is 0 Å². The van der Waals surface area contributed by atoms with Crippen molar-refractivity contribution < 1.29 is 18.7 Å². The predicted molar refractivity (Wildman–Crippen MR) is 58.0 cm³/mol. The van der Waals surface area contributed by atoms with Crippen LogP contribution in [0.4, 0.5) is 0 Å². The monoisotopic (exact) mass is 222 g/mol. The van der Waals surface area contributed by atoms with Crippen LogP contribution in [0.5, 0.6) is 0 Å². The third kappa shape index (κ3) is 2.82. The summed E-state index contributed by atoms with van der Waals surface area (Å²) in [6, 6.07) is 3.13. The third-order valence-electron chi connectivity index (χ3n) is 2.05. The van der Waals surface area contributed by atoms with Crippen LogP contribution < -0.4 is 0 Å². The zero-order valence-corrected chi connectivity index (χ0v) is 9.14. The maximum Gasteiger partial charge on any atom is 0.317 e. The van der Waals surface area contributed by atoms with Crippen LogP contribution in [0, 0.1) is 5.92 Å². The number of ketones is 1. The summed E-state index contributed by atoms with van der Waals surface area (Å²) in [7, 11) is 0. The van der Waals surface area contributed by atoms with E-state index in [1.807, 2.05) is 0 Å². The molecule has 0 spiro atoms. The fourth-order valence-electron chi connectivity index (χ4n) is 1.31. The molecule has 0 aliphatic heterocycles. The van der Waals surface area contributed by atoms with Crippen molar-refractivity contribution in [1.29, 1.82) is 0 Å². The molecule has 1 aromatic rings. The van der Waals surface area contributed by atoms with Crippen LogP contribution in [0.2, 0.25) is 0 Å². The highest BCUT2D eigenvalue weighted by Gasteiger charge is 2.29. The van der Waals surface area contributed by atoms with Crippen molar-refractivity contribution in [2.24, 2.45) is 5.92 Å². The van der Waals surface area contributed by atoms with Gasteiger partial charge in [-0.15, -0.1) is 6.58 Å². The quantitative estimate of drug-likeness (QED) is 0.320. The molecule has 1 aromatic heterocycles. The Labute approximate surface area is 93.9 Å². The van der Waals surface area contributed by atoms with Crippen LogP contribution in [0.1, 0.15) is 23.9 Å². The van der Waals surface area contributed by atoms with Crippen molar-refractivity contribution in [2.45, 2.75) is 13.3 Å². The van der Waals surface area contributed by atoms with Crippen LogP contribution >= 0.6 is 0 Å². The van der Waals surface area contributed by atoms with Gasteiger partial charge in [-0.3, -0.25) is 9.59 Å². The van der Waals surface area contributed by atoms with E-state index < -0.39 is 11.9 Å². The molecule has 0 amide bonds. The lowest BCUT2D eigenvalue weighted by Gasteiger charge is -2.10. The Balaban J connectivity index is 2.81. The minimum Gasteiger partial charge on any atom is -0.465 e. The third-order valence-corrected chi connectivity index (χ3v) is 2.05. The highest BCUT2D eigenvalue weighted by atomic mass is 16.5. The summed E-state index contributed by atoms with van der Waals surface area (Å²) in [6.07, 6.45) is 3.16. The Morgan fingerprint density at radius 3 is 2.88 bits per heavy atom. The summed E-state index contributed by atoms with van der Waals surface area (Å²) in [5.74, 6) is -1.60. The molecule has 1 rings (SSSR count). The van der Waals surface area contributed by atoms with Gasteiger partial charge in [0.25, 0.3) is 0 Å². The second kappa shape index (κ2) is 5.90. The van der Waals surface area contributed by atoms with Gasteiger partial charge in [0.15, 0.2) is 5.76 Å². The van der Waals surface area contributed by atoms with E-state index in [1.54, 1.807) is 13.0 Å². The summed E-state index contributed by atoms with van der Waals surface area (Å²) in [5, 5.41) is 0. The summed E-state index contributed by atoms with van der Waals surface area (Å²) in [5.41, 5.74) is 0. The topological polar surface area (TPSA) is 56.5 Å². The number of hydrogen-bond donors (Lipinski definition) is 0. The molecule has 0 aliphatic rings. The lowest BCUT2D eigenvalue weighted by atomic mass is 9.98. The zero-order valence-electron chi connectivity index (χ0n) is 9.14. The summed E-state index contributed by atoms with van der Waals surface area (Å²) in [6.45, 7) is 5.46. The van der Waals surface area contributed by atoms with Crippen molar-refractivity contribution in [3.05, 3.63) is 36.8 Å². The highest BCUT2D eigenvalue weighted by Crippen LogP contribution is 2.15. The Hall–Kier alpha value is -1.84. The van der Waals surface area contributed by atoms with Gasteiger partial charge < -0.3 is 9.15 Å². The second-order valence-corrected chi connectivity index (χ2v) is 3.17. The largest absolute Gasteiger partial charge is 0.465 e. The molecule has 0 radical (unpaired) electrons. The molecule has 0 saturated carbocycles. The van der Waals surface area contributed by atoms with E-state index in [2.05, 4.69) is 6.58 Å². The van der Waals surface area contributed by atoms with Crippen LogP contribution in [0.25, 0.3) is 0 Å². The Kier molecular flexibility index (Phi) is 4.51. The van der Waals surface area contributed by atoms with Gasteiger partial charge in [-0.2, -0.15) is 0 Å². The second-order valence-electron chi connectivity index (χ2n) is 3.17. The Morgan fingerprint density at radius 1 is 1.62 bits per heavy atom. The van der Waals surface area contributed by atoms with Crippen molar-refractivity contribution in [3.63, 3.8) is 0 Å². The Morgan fingerprint density at radius 2 is 2.38 bits per heavy atom. The first-order valence-electron chi connectivity index (χ1n) is 5.06. The molecule has 1 unspecified atom stereocenters. The van der Waals surface area contributed by atoms with Gasteiger partial charge >= 0.3 is 5.97 Å². The molecular weight excluding hydrogens is 208 g/mol. The number of allylic oxidation sites excluding steroid dienone is 1. The first kappa shape index (κ1) is 12.2. The minimum atomic E-state index is -0.858. The van der Waals surface area contributed by atoms with Gasteiger partial charge in [0, 0.05) is 0 Å². The molecule has 0 aliphatic carbocycles. The van der Waals surface area contributed by atoms with Crippen LogP contribution in [0.3, 0.4) is 0 Å². The van der Waals surface area contributed by atoms with Gasteiger partial charge in [-0.1, -0.05) is 6.08 Å². The molecule has 0 saturated heterocycles. The van der Waals surface area contributed by atoms with E-state index in [0.717, 1.165) is 0 Å². The fraction of sp³-hybridized carbons (Fsp3) is 0.333. The van der Waals surface area contributed by atoms with E-state index in [9.17, 15) is 9.59 Å². The molecule has 0 fully saturated rings. The number of hydrogen-bond acceptors (Lipinski definition) is 4. The number of ether oxygens (including phenoxy) is 1. The molecule has 1 atom stereocenters. The van der Waals surface area contributed by atoms with Crippen molar-refractivity contribution >= 4 is 11.8 Å². The molecule has 16 heavy (non-hydrogen) atoms. The zero-order chi connectivity index (χ0) is 12.0. The lowest BCUT2D eigenvalue weighted by Crippen LogP contribution is -2.25. The van der Waals surface area contributed by atoms with Crippen molar-refractivity contribution in [2.75, 3.05) is 6.61 Å². The standard InChI is InChI=1S/C12H14O4/c1-3-6-9(12(14)15-4-2)11(13)10-7-5-8-16-10/h3,5,7-9H,1,4,6H2,2H3. The molecule has 4 heteroatoms. The molecule has 1 heterocycles. The van der Waals surface area contributed by atoms with Gasteiger partial charge in [0.1, 0.15) is 5.92 Å². The van der Waals surface area contributed by atoms with Gasteiger partial charge in [0.05, 0.1) is 12.9 Å². The summed E-state index contributed by atoms with van der Waals surface area (Å²) in [4.78, 5) is 23.4. The van der Waals surface area contributed by atoms with Gasteiger partial charge in [-0.05, 0) is 25.5 Å². The molecule has 0 N–H and O–H groups in total. The maximum atomic E-state index is 11.9. The predicted octanol–water partition coefficient (Wildman–Crippen LogP) is 2.22. The highest BCUT2D eigenvalue weighted by molar-refractivity contribution is 6.07. The number of furan rings is 1. The van der Waals surface area contributed by atoms with Gasteiger partial charge in [0.2, 0.25) is 5.78 Å². The average Bonchev–Trinajstić information content (AvgIpc) is 2.78. The molecule has 86 valence electrons. The molecule has 0 bridgehead atoms. The SMILES string of the molecule is C=CCC(C(=O)OCC)C(=O)c1ccco1. The normalized spacial score (nSPS) is 11.8. The number of carbonyl (C=O) groups excluding carboxylic acids is 2. The Bertz CT molecular complexity index is 364. The van der Waals surface area contributed by atoms with E-state index in [1.165, 1.54) is 18.4 Å².